The molecule has 0 aliphatic carbocycles. The fraction of sp³-hybridized carbons (Fsp3) is 0.682. The van der Waals surface area contributed by atoms with Crippen molar-refractivity contribution in [2.24, 2.45) is 38.7 Å². The maximum absolute atomic E-state index is 13.1. The van der Waals surface area contributed by atoms with Gasteiger partial charge in [-0.15, -0.1) is 0 Å². The van der Waals surface area contributed by atoms with Gasteiger partial charge in [-0.3, -0.25) is 29.2 Å². The quantitative estimate of drug-likeness (QED) is 0.0475. The summed E-state index contributed by atoms with van der Waals surface area (Å²) in [5, 5.41) is 23.4. The van der Waals surface area contributed by atoms with Crippen LogP contribution in [0.15, 0.2) is 9.98 Å². The highest BCUT2D eigenvalue weighted by Crippen LogP contribution is 2.20. The first-order chi connectivity index (χ1) is 18.3. The van der Waals surface area contributed by atoms with Gasteiger partial charge >= 0.3 is 11.9 Å². The summed E-state index contributed by atoms with van der Waals surface area (Å²) in [6, 6.07) is -4.48. The van der Waals surface area contributed by atoms with Crippen molar-refractivity contribution in [2.75, 3.05) is 19.6 Å². The third-order valence-corrected chi connectivity index (χ3v) is 5.96. The average molecular weight is 557 g/mol. The fourth-order valence-corrected chi connectivity index (χ4v) is 4.00. The first-order valence-corrected chi connectivity index (χ1v) is 12.6. The number of nitrogens with two attached hydrogens (primary N) is 5. The molecule has 1 heterocycles. The van der Waals surface area contributed by atoms with Crippen LogP contribution in [0, 0.1) is 0 Å². The van der Waals surface area contributed by atoms with Crippen LogP contribution >= 0.6 is 0 Å². The van der Waals surface area contributed by atoms with E-state index in [2.05, 4.69) is 20.6 Å². The van der Waals surface area contributed by atoms with E-state index in [9.17, 15) is 29.1 Å². The number of hydrogen-bond acceptors (Lipinski definition) is 8. The Morgan fingerprint density at radius 2 is 1.46 bits per heavy atom. The first-order valence-electron chi connectivity index (χ1n) is 12.6. The SMILES string of the molecule is NC(N)=NCCCC(N)C(=O)N1CCCC1C(=O)NC(CCC(=O)O)C(=O)NC(CCCN=C(N)N)C(=O)O. The zero-order valence-corrected chi connectivity index (χ0v) is 21.8. The van der Waals surface area contributed by atoms with E-state index in [1.54, 1.807) is 0 Å². The Labute approximate surface area is 225 Å². The van der Waals surface area contributed by atoms with Gasteiger partial charge in [-0.2, -0.15) is 0 Å². The zero-order chi connectivity index (χ0) is 29.5. The summed E-state index contributed by atoms with van der Waals surface area (Å²) in [5.74, 6) is -4.75. The van der Waals surface area contributed by atoms with Crippen LogP contribution in [0.4, 0.5) is 0 Å². The Hall–Kier alpha value is -4.15. The van der Waals surface area contributed by atoms with E-state index in [0.29, 0.717) is 25.8 Å². The molecule has 4 atom stereocenters. The summed E-state index contributed by atoms with van der Waals surface area (Å²) in [4.78, 5) is 70.6. The van der Waals surface area contributed by atoms with Crippen molar-refractivity contribution >= 4 is 41.6 Å². The van der Waals surface area contributed by atoms with Crippen molar-refractivity contribution in [3.63, 3.8) is 0 Å². The van der Waals surface area contributed by atoms with Crippen LogP contribution in [0.1, 0.15) is 51.4 Å². The topological polar surface area (TPSA) is 308 Å². The number of aliphatic imine (C=N–C) groups is 2. The third-order valence-electron chi connectivity index (χ3n) is 5.96. The second-order valence-corrected chi connectivity index (χ2v) is 9.09. The van der Waals surface area contributed by atoms with Crippen molar-refractivity contribution in [3.8, 4) is 0 Å². The maximum Gasteiger partial charge on any atom is 0.326 e. The molecule has 14 N–H and O–H groups in total. The van der Waals surface area contributed by atoms with Crippen LogP contribution in [0.2, 0.25) is 0 Å². The molecule has 1 aliphatic rings. The van der Waals surface area contributed by atoms with Gasteiger partial charge in [0.25, 0.3) is 0 Å². The minimum absolute atomic E-state index is 0.0105. The van der Waals surface area contributed by atoms with Gasteiger partial charge in [-0.25, -0.2) is 4.79 Å². The molecule has 17 heteroatoms. The number of carbonyl (C=O) groups excluding carboxylic acids is 3. The monoisotopic (exact) mass is 556 g/mol. The van der Waals surface area contributed by atoms with Gasteiger partial charge in [0.1, 0.15) is 18.1 Å². The summed E-state index contributed by atoms with van der Waals surface area (Å²) in [7, 11) is 0. The number of amides is 3. The number of nitrogens with zero attached hydrogens (tertiary/aromatic N) is 3. The van der Waals surface area contributed by atoms with E-state index >= 15 is 0 Å². The molecule has 3 amide bonds. The highest BCUT2D eigenvalue weighted by Gasteiger charge is 2.37. The van der Waals surface area contributed by atoms with Crippen molar-refractivity contribution in [1.29, 1.82) is 0 Å². The molecule has 0 spiro atoms. The smallest absolute Gasteiger partial charge is 0.326 e. The van der Waals surface area contributed by atoms with Gasteiger partial charge < -0.3 is 54.4 Å². The minimum Gasteiger partial charge on any atom is -0.481 e. The predicted octanol–water partition coefficient (Wildman–Crippen LogP) is -3.67. The van der Waals surface area contributed by atoms with Crippen molar-refractivity contribution in [3.05, 3.63) is 0 Å². The van der Waals surface area contributed by atoms with E-state index in [4.69, 9.17) is 33.8 Å². The Morgan fingerprint density at radius 3 is 2.00 bits per heavy atom. The van der Waals surface area contributed by atoms with Crippen LogP contribution in [-0.2, 0) is 24.0 Å². The molecule has 1 rings (SSSR count). The van der Waals surface area contributed by atoms with Crippen molar-refractivity contribution < 1.29 is 34.2 Å². The summed E-state index contributed by atoms with van der Waals surface area (Å²) >= 11 is 0. The summed E-state index contributed by atoms with van der Waals surface area (Å²) in [6.45, 7) is 0.712. The molecule has 0 saturated carbocycles. The molecule has 0 aromatic heterocycles. The van der Waals surface area contributed by atoms with Crippen LogP contribution in [0.3, 0.4) is 0 Å². The fourth-order valence-electron chi connectivity index (χ4n) is 4.00. The van der Waals surface area contributed by atoms with E-state index in [1.807, 2.05) is 0 Å². The van der Waals surface area contributed by atoms with Crippen LogP contribution in [0.5, 0.6) is 0 Å². The first kappa shape index (κ1) is 32.9. The molecule has 1 saturated heterocycles. The Morgan fingerprint density at radius 1 is 0.872 bits per heavy atom. The number of rotatable bonds is 17. The lowest BCUT2D eigenvalue weighted by molar-refractivity contribution is -0.144. The number of carboxylic acids is 2. The number of aliphatic carboxylic acids is 2. The minimum atomic E-state index is -1.35. The van der Waals surface area contributed by atoms with Crippen LogP contribution in [0.25, 0.3) is 0 Å². The maximum atomic E-state index is 13.1. The van der Waals surface area contributed by atoms with E-state index in [-0.39, 0.29) is 50.7 Å². The number of hydrogen-bond donors (Lipinski definition) is 9. The van der Waals surface area contributed by atoms with Crippen molar-refractivity contribution in [2.45, 2.75) is 75.5 Å². The molecular weight excluding hydrogens is 516 g/mol. The number of carbonyl (C=O) groups is 5. The van der Waals surface area contributed by atoms with Gasteiger partial charge in [0.15, 0.2) is 11.9 Å². The molecule has 220 valence electrons. The van der Waals surface area contributed by atoms with E-state index in [0.717, 1.165) is 0 Å². The molecule has 1 fully saturated rings. The standard InChI is InChI=1S/C22H40N10O7/c23-12(4-1-9-28-21(24)25)19(37)32-11-3-6-15(32)18(36)30-13(7-8-16(33)34)17(35)31-14(20(38)39)5-2-10-29-22(26)27/h12-15H,1-11,23H2,(H,30,36)(H,31,35)(H,33,34)(H,38,39)(H4,24,25,28)(H4,26,27,29). The molecule has 39 heavy (non-hydrogen) atoms. The Kier molecular flexibility index (Phi) is 14.0. The molecule has 0 radical (unpaired) electrons. The molecule has 0 aromatic rings. The molecule has 4 unspecified atom stereocenters. The highest BCUT2D eigenvalue weighted by molar-refractivity contribution is 5.94. The lowest BCUT2D eigenvalue weighted by Crippen LogP contribution is -2.56. The number of carboxylic acid groups (broad SMARTS) is 2. The second kappa shape index (κ2) is 16.6. The average Bonchev–Trinajstić information content (AvgIpc) is 3.34. The lowest BCUT2D eigenvalue weighted by atomic mass is 10.1. The molecular formula is C22H40N10O7. The Balaban J connectivity index is 2.87. The number of likely N-dealkylation sites (tertiary alicyclic amines) is 1. The molecule has 0 bridgehead atoms. The summed E-state index contributed by atoms with van der Waals surface area (Å²) < 4.78 is 0. The third kappa shape index (κ3) is 12.3. The molecule has 1 aliphatic heterocycles. The predicted molar refractivity (Wildman–Crippen MR) is 141 cm³/mol. The summed E-state index contributed by atoms with van der Waals surface area (Å²) in [6.07, 6.45) is 1.04. The molecule has 17 nitrogen and oxygen atoms in total. The second-order valence-electron chi connectivity index (χ2n) is 9.09. The van der Waals surface area contributed by atoms with Gasteiger partial charge in [-0.1, -0.05) is 0 Å². The van der Waals surface area contributed by atoms with Gasteiger partial charge in [-0.05, 0) is 44.9 Å². The van der Waals surface area contributed by atoms with Crippen LogP contribution in [-0.4, -0.2) is 100 Å². The van der Waals surface area contributed by atoms with E-state index in [1.165, 1.54) is 4.90 Å². The number of guanidine groups is 2. The lowest BCUT2D eigenvalue weighted by Gasteiger charge is -2.28. The van der Waals surface area contributed by atoms with Gasteiger partial charge in [0.2, 0.25) is 17.7 Å². The number of nitrogens with one attached hydrogen (secondary N) is 2. The largest absolute Gasteiger partial charge is 0.481 e. The Bertz CT molecular complexity index is 934. The molecule has 0 aromatic carbocycles. The van der Waals surface area contributed by atoms with Gasteiger partial charge in [0, 0.05) is 26.1 Å². The summed E-state index contributed by atoms with van der Waals surface area (Å²) in [5.41, 5.74) is 27.0. The highest BCUT2D eigenvalue weighted by atomic mass is 16.4. The van der Waals surface area contributed by atoms with Gasteiger partial charge in [0.05, 0.1) is 6.04 Å². The zero-order valence-electron chi connectivity index (χ0n) is 21.8. The van der Waals surface area contributed by atoms with Crippen LogP contribution < -0.4 is 39.3 Å². The van der Waals surface area contributed by atoms with Crippen molar-refractivity contribution in [1.82, 2.24) is 15.5 Å². The normalized spacial score (nSPS) is 16.8. The van der Waals surface area contributed by atoms with E-state index < -0.39 is 60.2 Å².